The van der Waals surface area contributed by atoms with Gasteiger partial charge in [-0.05, 0) is 44.0 Å². The second-order valence-electron chi connectivity index (χ2n) is 8.38. The highest BCUT2D eigenvalue weighted by atomic mass is 16.2. The van der Waals surface area contributed by atoms with E-state index in [4.69, 9.17) is 10.7 Å². The van der Waals surface area contributed by atoms with Gasteiger partial charge in [0.2, 0.25) is 5.91 Å². The fourth-order valence-corrected chi connectivity index (χ4v) is 4.47. The minimum atomic E-state index is -0.490. The van der Waals surface area contributed by atoms with Crippen LogP contribution in [-0.4, -0.2) is 54.9 Å². The molecular weight excluding hydrogens is 422 g/mol. The lowest BCUT2D eigenvalue weighted by atomic mass is 10.0. The Balaban J connectivity index is 1.68. The van der Waals surface area contributed by atoms with Gasteiger partial charge in [0.15, 0.2) is 0 Å². The van der Waals surface area contributed by atoms with Crippen LogP contribution in [0.15, 0.2) is 46.2 Å². The molecule has 10 nitrogen and oxygen atoms in total. The first-order chi connectivity index (χ1) is 15.9. The predicted octanol–water partition coefficient (Wildman–Crippen LogP) is 1.13. The number of H-pyrrole nitrogens is 1. The fraction of sp³-hybridized carbons (Fsp3) is 0.304. The number of aromatic amines is 1. The summed E-state index contributed by atoms with van der Waals surface area (Å²) < 4.78 is 1.63. The Hall–Kier alpha value is -3.92. The summed E-state index contributed by atoms with van der Waals surface area (Å²) in [7, 11) is 0. The van der Waals surface area contributed by atoms with Crippen LogP contribution in [0.2, 0.25) is 0 Å². The molecule has 1 saturated heterocycles. The van der Waals surface area contributed by atoms with Gasteiger partial charge in [-0.2, -0.15) is 0 Å². The van der Waals surface area contributed by atoms with Gasteiger partial charge in [-0.3, -0.25) is 34.0 Å². The quantitative estimate of drug-likeness (QED) is 0.449. The van der Waals surface area contributed by atoms with Gasteiger partial charge in [0, 0.05) is 42.8 Å². The number of piperidine rings is 1. The number of aromatic nitrogens is 5. The van der Waals surface area contributed by atoms with E-state index in [0.29, 0.717) is 53.6 Å². The molecule has 10 heteroatoms. The summed E-state index contributed by atoms with van der Waals surface area (Å²) in [5, 5.41) is 0.313. The Kier molecular flexibility index (Phi) is 5.21. The number of primary amides is 1. The number of carbonyl (C=O) groups is 1. The van der Waals surface area contributed by atoms with Crippen molar-refractivity contribution >= 4 is 27.8 Å². The molecule has 0 unspecified atom stereocenters. The number of rotatable bonds is 4. The Morgan fingerprint density at radius 2 is 1.91 bits per heavy atom. The molecule has 168 valence electrons. The highest BCUT2D eigenvalue weighted by Gasteiger charge is 2.25. The van der Waals surface area contributed by atoms with Crippen LogP contribution in [0.3, 0.4) is 0 Å². The first-order valence-corrected chi connectivity index (χ1v) is 10.8. The molecule has 4 aromatic heterocycles. The number of likely N-dealkylation sites (tertiary alicyclic amines) is 1. The van der Waals surface area contributed by atoms with Crippen molar-refractivity contribution in [3.8, 4) is 11.3 Å². The number of nitrogens with one attached hydrogen (secondary N) is 1. The van der Waals surface area contributed by atoms with Crippen LogP contribution in [-0.2, 0) is 4.79 Å². The third kappa shape index (κ3) is 3.89. The average molecular weight is 445 g/mol. The Morgan fingerprint density at radius 1 is 1.12 bits per heavy atom. The summed E-state index contributed by atoms with van der Waals surface area (Å²) >= 11 is 0. The Labute approximate surface area is 188 Å². The van der Waals surface area contributed by atoms with E-state index in [0.717, 1.165) is 11.3 Å². The van der Waals surface area contributed by atoms with Crippen LogP contribution in [0.25, 0.3) is 33.2 Å². The van der Waals surface area contributed by atoms with Crippen molar-refractivity contribution in [2.45, 2.75) is 25.8 Å². The van der Waals surface area contributed by atoms with Gasteiger partial charge in [0.1, 0.15) is 5.52 Å². The third-order valence-electron chi connectivity index (χ3n) is 6.12. The van der Waals surface area contributed by atoms with E-state index in [-0.39, 0.29) is 18.5 Å². The molecule has 1 amide bonds. The van der Waals surface area contributed by atoms with Gasteiger partial charge in [-0.25, -0.2) is 9.78 Å². The smallest absolute Gasteiger partial charge is 0.329 e. The predicted molar refractivity (Wildman–Crippen MR) is 124 cm³/mol. The first-order valence-electron chi connectivity index (χ1n) is 10.8. The van der Waals surface area contributed by atoms with Crippen molar-refractivity contribution in [1.82, 2.24) is 29.4 Å². The molecule has 1 aliphatic rings. The second-order valence-corrected chi connectivity index (χ2v) is 8.38. The molecule has 0 spiro atoms. The summed E-state index contributed by atoms with van der Waals surface area (Å²) in [5.41, 5.74) is 8.33. The molecule has 5 rings (SSSR count). The van der Waals surface area contributed by atoms with E-state index in [1.165, 1.54) is 6.20 Å². The minimum Gasteiger partial charge on any atom is -0.369 e. The molecule has 0 atom stereocenters. The number of hydrogen-bond donors (Lipinski definition) is 2. The molecule has 4 aromatic rings. The summed E-state index contributed by atoms with van der Waals surface area (Å²) in [6.45, 7) is 3.35. The zero-order valence-corrected chi connectivity index (χ0v) is 18.1. The average Bonchev–Trinajstić information content (AvgIpc) is 2.80. The van der Waals surface area contributed by atoms with Crippen LogP contribution < -0.4 is 17.0 Å². The standard InChI is InChI=1S/C23H23N7O3/c1-13-2-3-14(10-25-13)17-4-5-18-20(27-17)21-16(11-26-18)22(32)28-23(33)30(21)15-6-8-29(9-7-15)12-19(24)31/h2-5,10-11,15H,6-9,12H2,1H3,(H2,24,31)(H,28,32,33). The zero-order valence-electron chi connectivity index (χ0n) is 18.1. The van der Waals surface area contributed by atoms with Gasteiger partial charge in [-0.1, -0.05) is 0 Å². The van der Waals surface area contributed by atoms with E-state index in [9.17, 15) is 14.4 Å². The zero-order chi connectivity index (χ0) is 23.1. The van der Waals surface area contributed by atoms with Crippen molar-refractivity contribution in [3.63, 3.8) is 0 Å². The van der Waals surface area contributed by atoms with Gasteiger partial charge in [0.05, 0.1) is 28.7 Å². The van der Waals surface area contributed by atoms with Crippen LogP contribution in [0.1, 0.15) is 24.6 Å². The lowest BCUT2D eigenvalue weighted by molar-refractivity contribution is -0.119. The molecule has 1 aliphatic heterocycles. The highest BCUT2D eigenvalue weighted by Crippen LogP contribution is 2.28. The number of fused-ring (bicyclic) bond motifs is 3. The molecule has 0 saturated carbocycles. The van der Waals surface area contributed by atoms with Gasteiger partial charge in [-0.15, -0.1) is 0 Å². The van der Waals surface area contributed by atoms with Crippen molar-refractivity contribution in [1.29, 1.82) is 0 Å². The van der Waals surface area contributed by atoms with Crippen LogP contribution in [0, 0.1) is 6.92 Å². The molecule has 0 radical (unpaired) electrons. The maximum atomic E-state index is 13.0. The van der Waals surface area contributed by atoms with Crippen molar-refractivity contribution in [2.75, 3.05) is 19.6 Å². The maximum Gasteiger partial charge on any atom is 0.329 e. The number of aryl methyl sites for hydroxylation is 1. The van der Waals surface area contributed by atoms with Crippen molar-refractivity contribution in [2.24, 2.45) is 5.73 Å². The van der Waals surface area contributed by atoms with Crippen molar-refractivity contribution in [3.05, 3.63) is 63.2 Å². The summed E-state index contributed by atoms with van der Waals surface area (Å²) in [5.74, 6) is -0.375. The maximum absolute atomic E-state index is 13.0. The third-order valence-corrected chi connectivity index (χ3v) is 6.12. The summed E-state index contributed by atoms with van der Waals surface area (Å²) in [6.07, 6.45) is 4.51. The SMILES string of the molecule is Cc1ccc(-c2ccc3ncc4c(=O)[nH]c(=O)n(C5CCN(CC(N)=O)CC5)c4c3n2)cn1. The van der Waals surface area contributed by atoms with E-state index in [1.807, 2.05) is 36.1 Å². The van der Waals surface area contributed by atoms with Gasteiger partial charge in [0.25, 0.3) is 5.56 Å². The number of hydrogen-bond acceptors (Lipinski definition) is 7. The molecule has 5 heterocycles. The van der Waals surface area contributed by atoms with E-state index in [1.54, 1.807) is 10.8 Å². The van der Waals surface area contributed by atoms with Crippen LogP contribution >= 0.6 is 0 Å². The van der Waals surface area contributed by atoms with Crippen molar-refractivity contribution < 1.29 is 4.79 Å². The monoisotopic (exact) mass is 445 g/mol. The summed E-state index contributed by atoms with van der Waals surface area (Å²) in [6, 6.07) is 7.37. The lowest BCUT2D eigenvalue weighted by Gasteiger charge is -2.32. The van der Waals surface area contributed by atoms with Crippen LogP contribution in [0.4, 0.5) is 0 Å². The molecule has 0 bridgehead atoms. The first kappa shape index (κ1) is 21.0. The highest BCUT2D eigenvalue weighted by molar-refractivity contribution is 6.01. The molecule has 0 aromatic carbocycles. The minimum absolute atomic E-state index is 0.155. The number of carbonyl (C=O) groups excluding carboxylic acids is 1. The second kappa shape index (κ2) is 8.21. The molecule has 1 fully saturated rings. The Bertz CT molecular complexity index is 1480. The number of amides is 1. The number of nitrogens with two attached hydrogens (primary N) is 1. The van der Waals surface area contributed by atoms with Gasteiger partial charge >= 0.3 is 5.69 Å². The molecule has 3 N–H and O–H groups in total. The number of pyridine rings is 3. The molecule has 33 heavy (non-hydrogen) atoms. The molecular formula is C23H23N7O3. The van der Waals surface area contributed by atoms with E-state index in [2.05, 4.69) is 15.0 Å². The van der Waals surface area contributed by atoms with E-state index >= 15 is 0 Å². The van der Waals surface area contributed by atoms with E-state index < -0.39 is 11.2 Å². The number of nitrogens with zero attached hydrogens (tertiary/aromatic N) is 5. The molecule has 0 aliphatic carbocycles. The van der Waals surface area contributed by atoms with Gasteiger partial charge < -0.3 is 5.73 Å². The normalized spacial score (nSPS) is 15.3. The Morgan fingerprint density at radius 3 is 2.61 bits per heavy atom. The topological polar surface area (TPSA) is 140 Å². The summed E-state index contributed by atoms with van der Waals surface area (Å²) in [4.78, 5) is 54.9. The fourth-order valence-electron chi connectivity index (χ4n) is 4.47. The van der Waals surface area contributed by atoms with Crippen LogP contribution in [0.5, 0.6) is 0 Å². The largest absolute Gasteiger partial charge is 0.369 e. The lowest BCUT2D eigenvalue weighted by Crippen LogP contribution is -2.42.